The highest BCUT2D eigenvalue weighted by molar-refractivity contribution is 5.85. The number of fused-ring (bicyclic) bond motifs is 2. The first kappa shape index (κ1) is 20.5. The van der Waals surface area contributed by atoms with Crippen LogP contribution in [-0.4, -0.2) is 33.1 Å². The van der Waals surface area contributed by atoms with Crippen molar-refractivity contribution in [3.8, 4) is 17.1 Å². The first-order chi connectivity index (χ1) is 15.5. The number of rotatable bonds is 5. The van der Waals surface area contributed by atoms with E-state index in [1.807, 2.05) is 36.5 Å². The van der Waals surface area contributed by atoms with E-state index >= 15 is 0 Å². The van der Waals surface area contributed by atoms with Crippen LogP contribution in [0.5, 0.6) is 5.75 Å². The molecule has 0 amide bonds. The van der Waals surface area contributed by atoms with Crippen molar-refractivity contribution in [3.05, 3.63) is 71.7 Å². The molecular formula is C26H29N5O. The molecule has 5 rings (SSSR count). The Balaban J connectivity index is 1.39. The molecule has 0 atom stereocenters. The third-order valence-corrected chi connectivity index (χ3v) is 6.25. The molecule has 0 radical (unpaired) electrons. The summed E-state index contributed by atoms with van der Waals surface area (Å²) in [7, 11) is 1.72. The minimum absolute atomic E-state index is 0.405. The van der Waals surface area contributed by atoms with Gasteiger partial charge in [0.15, 0.2) is 5.82 Å². The standard InChI is InChI=1S/C26H29N5O/c1-17(2)31-16-20(23-12-22(32-3)8-9-25(23)31)15-30-11-10-24-19(14-30)13-28-26(29-24)18-4-6-21(27)7-5-18/h4-9,12-13,16-17H,10-11,14-15,27H2,1-3H3. The number of hydrogen-bond donors (Lipinski definition) is 1. The first-order valence-corrected chi connectivity index (χ1v) is 11.1. The fourth-order valence-electron chi connectivity index (χ4n) is 4.51. The molecule has 2 aromatic heterocycles. The zero-order valence-electron chi connectivity index (χ0n) is 18.9. The maximum atomic E-state index is 5.81. The van der Waals surface area contributed by atoms with Crippen LogP contribution in [0.4, 0.5) is 5.69 Å². The molecule has 2 N–H and O–H groups in total. The van der Waals surface area contributed by atoms with Gasteiger partial charge in [0.05, 0.1) is 12.8 Å². The van der Waals surface area contributed by atoms with Crippen molar-refractivity contribution in [3.63, 3.8) is 0 Å². The number of aromatic nitrogens is 3. The average molecular weight is 428 g/mol. The molecule has 0 aliphatic carbocycles. The molecule has 2 aromatic carbocycles. The molecular weight excluding hydrogens is 398 g/mol. The van der Waals surface area contributed by atoms with Crippen molar-refractivity contribution in [2.24, 2.45) is 0 Å². The van der Waals surface area contributed by atoms with Crippen molar-refractivity contribution < 1.29 is 4.74 Å². The number of ether oxygens (including phenoxy) is 1. The van der Waals surface area contributed by atoms with Crippen LogP contribution in [0, 0.1) is 0 Å². The van der Waals surface area contributed by atoms with E-state index in [0.717, 1.165) is 54.6 Å². The minimum atomic E-state index is 0.405. The lowest BCUT2D eigenvalue weighted by Gasteiger charge is -2.28. The van der Waals surface area contributed by atoms with E-state index < -0.39 is 0 Å². The number of anilines is 1. The maximum absolute atomic E-state index is 5.81. The second-order valence-corrected chi connectivity index (χ2v) is 8.79. The van der Waals surface area contributed by atoms with Crippen molar-refractivity contribution in [1.29, 1.82) is 0 Å². The van der Waals surface area contributed by atoms with E-state index in [9.17, 15) is 0 Å². The minimum Gasteiger partial charge on any atom is -0.497 e. The predicted octanol–water partition coefficient (Wildman–Crippen LogP) is 4.83. The van der Waals surface area contributed by atoms with E-state index in [1.165, 1.54) is 22.0 Å². The van der Waals surface area contributed by atoms with Crippen LogP contribution < -0.4 is 10.5 Å². The van der Waals surface area contributed by atoms with E-state index in [2.05, 4.69) is 46.6 Å². The molecule has 6 heteroatoms. The lowest BCUT2D eigenvalue weighted by molar-refractivity contribution is 0.243. The fraction of sp³-hybridized carbons (Fsp3) is 0.308. The quantitative estimate of drug-likeness (QED) is 0.462. The van der Waals surface area contributed by atoms with Crippen LogP contribution in [-0.2, 0) is 19.5 Å². The number of nitrogen functional groups attached to an aromatic ring is 1. The van der Waals surface area contributed by atoms with Crippen LogP contribution >= 0.6 is 0 Å². The third-order valence-electron chi connectivity index (χ3n) is 6.25. The summed E-state index contributed by atoms with van der Waals surface area (Å²) in [6, 6.07) is 14.5. The van der Waals surface area contributed by atoms with Crippen LogP contribution in [0.2, 0.25) is 0 Å². The highest BCUT2D eigenvalue weighted by atomic mass is 16.5. The normalized spacial score (nSPS) is 14.1. The number of nitrogens with zero attached hydrogens (tertiary/aromatic N) is 4. The molecule has 164 valence electrons. The first-order valence-electron chi connectivity index (χ1n) is 11.1. The van der Waals surface area contributed by atoms with Crippen molar-refractivity contribution in [2.75, 3.05) is 19.4 Å². The molecule has 4 aromatic rings. The largest absolute Gasteiger partial charge is 0.497 e. The van der Waals surface area contributed by atoms with Crippen molar-refractivity contribution in [1.82, 2.24) is 19.4 Å². The highest BCUT2D eigenvalue weighted by Crippen LogP contribution is 2.30. The lowest BCUT2D eigenvalue weighted by atomic mass is 10.1. The Hall–Kier alpha value is -3.38. The van der Waals surface area contributed by atoms with Crippen molar-refractivity contribution in [2.45, 2.75) is 39.4 Å². The van der Waals surface area contributed by atoms with Gasteiger partial charge < -0.3 is 15.0 Å². The molecule has 0 fully saturated rings. The van der Waals surface area contributed by atoms with Gasteiger partial charge in [0.2, 0.25) is 0 Å². The Kier molecular flexibility index (Phi) is 5.31. The summed E-state index contributed by atoms with van der Waals surface area (Å²) >= 11 is 0. The molecule has 1 aliphatic rings. The predicted molar refractivity (Wildman–Crippen MR) is 129 cm³/mol. The molecule has 1 aliphatic heterocycles. The van der Waals surface area contributed by atoms with Gasteiger partial charge in [-0.3, -0.25) is 4.90 Å². The summed E-state index contributed by atoms with van der Waals surface area (Å²) in [6.07, 6.45) is 5.21. The van der Waals surface area contributed by atoms with Crippen molar-refractivity contribution >= 4 is 16.6 Å². The monoisotopic (exact) mass is 427 g/mol. The van der Waals surface area contributed by atoms with Crippen LogP contribution in [0.1, 0.15) is 36.7 Å². The molecule has 0 saturated carbocycles. The zero-order chi connectivity index (χ0) is 22.2. The summed E-state index contributed by atoms with van der Waals surface area (Å²) < 4.78 is 7.84. The second kappa shape index (κ2) is 8.28. The molecule has 32 heavy (non-hydrogen) atoms. The van der Waals surface area contributed by atoms with Gasteiger partial charge in [-0.1, -0.05) is 0 Å². The van der Waals surface area contributed by atoms with Gasteiger partial charge in [-0.15, -0.1) is 0 Å². The number of hydrogen-bond acceptors (Lipinski definition) is 5. The Morgan fingerprint density at radius 2 is 1.94 bits per heavy atom. The van der Waals surface area contributed by atoms with E-state index in [4.69, 9.17) is 15.5 Å². The summed E-state index contributed by atoms with van der Waals surface area (Å²) in [4.78, 5) is 12.0. The van der Waals surface area contributed by atoms with E-state index in [1.54, 1.807) is 7.11 Å². The topological polar surface area (TPSA) is 69.2 Å². The van der Waals surface area contributed by atoms with Crippen LogP contribution in [0.25, 0.3) is 22.3 Å². The Morgan fingerprint density at radius 1 is 1.12 bits per heavy atom. The number of methoxy groups -OCH3 is 1. The average Bonchev–Trinajstić information content (AvgIpc) is 3.17. The molecule has 0 unspecified atom stereocenters. The van der Waals surface area contributed by atoms with Gasteiger partial charge in [-0.05, 0) is 61.9 Å². The summed E-state index contributed by atoms with van der Waals surface area (Å²) in [6.45, 7) is 7.17. The maximum Gasteiger partial charge on any atom is 0.159 e. The molecule has 3 heterocycles. The van der Waals surface area contributed by atoms with Gasteiger partial charge in [0, 0.05) is 72.2 Å². The summed E-state index contributed by atoms with van der Waals surface area (Å²) in [5, 5.41) is 1.26. The summed E-state index contributed by atoms with van der Waals surface area (Å²) in [5.41, 5.74) is 12.5. The molecule has 6 nitrogen and oxygen atoms in total. The smallest absolute Gasteiger partial charge is 0.159 e. The highest BCUT2D eigenvalue weighted by Gasteiger charge is 2.21. The van der Waals surface area contributed by atoms with Gasteiger partial charge in [0.1, 0.15) is 5.75 Å². The second-order valence-electron chi connectivity index (χ2n) is 8.79. The van der Waals surface area contributed by atoms with Crippen LogP contribution in [0.3, 0.4) is 0 Å². The van der Waals surface area contributed by atoms with Gasteiger partial charge in [0.25, 0.3) is 0 Å². The van der Waals surface area contributed by atoms with Crippen LogP contribution in [0.15, 0.2) is 54.9 Å². The van der Waals surface area contributed by atoms with E-state index in [-0.39, 0.29) is 0 Å². The SMILES string of the molecule is COc1ccc2c(c1)c(CN1CCc3nc(-c4ccc(N)cc4)ncc3C1)cn2C(C)C. The fourth-order valence-corrected chi connectivity index (χ4v) is 4.51. The van der Waals surface area contributed by atoms with Gasteiger partial charge in [-0.25, -0.2) is 9.97 Å². The van der Waals surface area contributed by atoms with Gasteiger partial charge >= 0.3 is 0 Å². The lowest BCUT2D eigenvalue weighted by Crippen LogP contribution is -2.30. The van der Waals surface area contributed by atoms with E-state index in [0.29, 0.717) is 6.04 Å². The summed E-state index contributed by atoms with van der Waals surface area (Å²) in [5.74, 6) is 1.66. The Bertz CT molecular complexity index is 1260. The Labute approximate surface area is 188 Å². The Morgan fingerprint density at radius 3 is 2.69 bits per heavy atom. The third kappa shape index (κ3) is 3.82. The van der Waals surface area contributed by atoms with Gasteiger partial charge in [-0.2, -0.15) is 0 Å². The number of nitrogens with two attached hydrogens (primary N) is 1. The molecule has 0 spiro atoms. The number of benzene rings is 2. The molecule has 0 saturated heterocycles. The zero-order valence-corrected chi connectivity index (χ0v) is 18.9. The molecule has 0 bridgehead atoms.